The van der Waals surface area contributed by atoms with Crippen molar-refractivity contribution >= 4 is 17.6 Å². The highest BCUT2D eigenvalue weighted by atomic mass is 16.5. The molecular formula is C22H18N2O4. The number of anilines is 1. The van der Waals surface area contributed by atoms with E-state index in [0.29, 0.717) is 16.8 Å². The zero-order valence-electron chi connectivity index (χ0n) is 15.5. The van der Waals surface area contributed by atoms with E-state index < -0.39 is 11.8 Å². The zero-order valence-corrected chi connectivity index (χ0v) is 15.5. The molecule has 6 heteroatoms. The molecule has 2 aromatic carbocycles. The summed E-state index contributed by atoms with van der Waals surface area (Å²) < 4.78 is 7.45. The third-order valence-electron chi connectivity index (χ3n) is 4.85. The number of hydrogen-bond acceptors (Lipinski definition) is 4. The number of aryl methyl sites for hydroxylation is 1. The topological polar surface area (TPSA) is 68.6 Å². The van der Waals surface area contributed by atoms with Crippen molar-refractivity contribution in [3.63, 3.8) is 0 Å². The molecular weight excluding hydrogens is 356 g/mol. The molecule has 0 fully saturated rings. The number of amides is 2. The van der Waals surface area contributed by atoms with Crippen LogP contribution in [-0.4, -0.2) is 16.4 Å². The number of pyridine rings is 1. The molecule has 2 amide bonds. The summed E-state index contributed by atoms with van der Waals surface area (Å²) in [6.07, 6.45) is 0. The first kappa shape index (κ1) is 17.7. The molecule has 1 aromatic heterocycles. The molecule has 0 saturated carbocycles. The molecule has 1 aliphatic heterocycles. The lowest BCUT2D eigenvalue weighted by Gasteiger charge is -2.22. The van der Waals surface area contributed by atoms with Gasteiger partial charge < -0.3 is 9.30 Å². The summed E-state index contributed by atoms with van der Waals surface area (Å²) >= 11 is 0. The lowest BCUT2D eigenvalue weighted by atomic mass is 10.1. The second kappa shape index (κ2) is 6.81. The normalized spacial score (nSPS) is 13.0. The van der Waals surface area contributed by atoms with E-state index in [1.807, 2.05) is 30.3 Å². The fraction of sp³-hybridized carbons (Fsp3) is 0.136. The third-order valence-corrected chi connectivity index (χ3v) is 4.85. The highest BCUT2D eigenvalue weighted by Gasteiger charge is 2.39. The van der Waals surface area contributed by atoms with Crippen molar-refractivity contribution in [2.24, 2.45) is 7.05 Å². The summed E-state index contributed by atoms with van der Waals surface area (Å²) in [6, 6.07) is 17.4. The summed E-state index contributed by atoms with van der Waals surface area (Å²) in [5, 5.41) is 0. The molecule has 4 rings (SSSR count). The number of ether oxygens (including phenoxy) is 1. The van der Waals surface area contributed by atoms with Crippen molar-refractivity contribution in [3.05, 3.63) is 93.3 Å². The van der Waals surface area contributed by atoms with Gasteiger partial charge in [-0.1, -0.05) is 42.5 Å². The quantitative estimate of drug-likeness (QED) is 0.658. The minimum atomic E-state index is -0.467. The first-order valence-electron chi connectivity index (χ1n) is 8.84. The molecule has 3 aromatic rings. The van der Waals surface area contributed by atoms with Crippen LogP contribution in [0.2, 0.25) is 0 Å². The fourth-order valence-corrected chi connectivity index (χ4v) is 3.28. The van der Waals surface area contributed by atoms with Gasteiger partial charge in [-0.25, -0.2) is 4.90 Å². The summed E-state index contributed by atoms with van der Waals surface area (Å²) in [5.74, 6) is -0.810. The molecule has 0 aliphatic carbocycles. The molecule has 0 saturated heterocycles. The number of benzene rings is 2. The van der Waals surface area contributed by atoms with Crippen molar-refractivity contribution < 1.29 is 14.3 Å². The lowest BCUT2D eigenvalue weighted by Crippen LogP contribution is -2.34. The Bertz CT molecular complexity index is 1110. The van der Waals surface area contributed by atoms with Gasteiger partial charge in [0, 0.05) is 18.8 Å². The van der Waals surface area contributed by atoms with Crippen LogP contribution in [0.5, 0.6) is 5.75 Å². The predicted molar refractivity (Wildman–Crippen MR) is 105 cm³/mol. The number of imide groups is 1. The maximum atomic E-state index is 12.9. The first-order chi connectivity index (χ1) is 13.5. The van der Waals surface area contributed by atoms with Gasteiger partial charge in [-0.05, 0) is 24.6 Å². The number of hydrogen-bond donors (Lipinski definition) is 0. The SMILES string of the molecule is Cc1cc(=O)c(OCc2ccccc2)c(N2C(=O)c3ccccc3C2=O)n1C. The fourth-order valence-electron chi connectivity index (χ4n) is 3.28. The van der Waals surface area contributed by atoms with E-state index in [9.17, 15) is 14.4 Å². The lowest BCUT2D eigenvalue weighted by molar-refractivity contribution is 0.0922. The highest BCUT2D eigenvalue weighted by molar-refractivity contribution is 6.34. The van der Waals surface area contributed by atoms with Crippen LogP contribution in [0.15, 0.2) is 65.5 Å². The van der Waals surface area contributed by atoms with E-state index in [1.165, 1.54) is 6.07 Å². The maximum Gasteiger partial charge on any atom is 0.267 e. The second-order valence-electron chi connectivity index (χ2n) is 6.63. The number of rotatable bonds is 4. The highest BCUT2D eigenvalue weighted by Crippen LogP contribution is 2.33. The minimum absolute atomic E-state index is 0.0218. The van der Waals surface area contributed by atoms with E-state index in [2.05, 4.69) is 0 Å². The van der Waals surface area contributed by atoms with Crippen molar-refractivity contribution in [1.29, 1.82) is 0 Å². The van der Waals surface area contributed by atoms with Gasteiger partial charge in [-0.3, -0.25) is 14.4 Å². The van der Waals surface area contributed by atoms with Crippen LogP contribution in [0.1, 0.15) is 32.0 Å². The van der Waals surface area contributed by atoms with Crippen LogP contribution in [0.3, 0.4) is 0 Å². The molecule has 0 bridgehead atoms. The van der Waals surface area contributed by atoms with Crippen LogP contribution in [-0.2, 0) is 13.7 Å². The van der Waals surface area contributed by atoms with Crippen LogP contribution in [0, 0.1) is 6.92 Å². The van der Waals surface area contributed by atoms with Gasteiger partial charge in [0.2, 0.25) is 11.2 Å². The van der Waals surface area contributed by atoms with Crippen molar-refractivity contribution in [2.45, 2.75) is 13.5 Å². The number of carbonyl (C=O) groups is 2. The van der Waals surface area contributed by atoms with E-state index in [1.54, 1.807) is 42.8 Å². The Morgan fingerprint density at radius 2 is 1.43 bits per heavy atom. The summed E-state index contributed by atoms with van der Waals surface area (Å²) in [5.41, 5.74) is 1.74. The van der Waals surface area contributed by atoms with Gasteiger partial charge in [0.1, 0.15) is 6.61 Å². The van der Waals surface area contributed by atoms with Crippen LogP contribution >= 0.6 is 0 Å². The minimum Gasteiger partial charge on any atom is -0.481 e. The molecule has 6 nitrogen and oxygen atoms in total. The molecule has 0 N–H and O–H groups in total. The number of fused-ring (bicyclic) bond motifs is 1. The zero-order chi connectivity index (χ0) is 19.8. The molecule has 0 spiro atoms. The predicted octanol–water partition coefficient (Wildman–Crippen LogP) is 3.07. The molecule has 140 valence electrons. The largest absolute Gasteiger partial charge is 0.481 e. The molecule has 0 atom stereocenters. The van der Waals surface area contributed by atoms with Crippen LogP contribution in [0.25, 0.3) is 0 Å². The molecule has 2 heterocycles. The number of aromatic nitrogens is 1. The second-order valence-corrected chi connectivity index (χ2v) is 6.63. The Hall–Kier alpha value is -3.67. The van der Waals surface area contributed by atoms with E-state index in [4.69, 9.17) is 4.74 Å². The molecule has 1 aliphatic rings. The van der Waals surface area contributed by atoms with E-state index in [0.717, 1.165) is 10.5 Å². The Balaban J connectivity index is 1.82. The number of nitrogens with zero attached hydrogens (tertiary/aromatic N) is 2. The van der Waals surface area contributed by atoms with Crippen molar-refractivity contribution in [3.8, 4) is 5.75 Å². The molecule has 0 radical (unpaired) electrons. The standard InChI is InChI=1S/C22H18N2O4/c1-14-12-18(25)19(28-13-15-8-4-3-5-9-15)20(23(14)2)24-21(26)16-10-6-7-11-17(16)22(24)27/h3-12H,13H2,1-2H3. The Morgan fingerprint density at radius 1 is 0.857 bits per heavy atom. The van der Waals surface area contributed by atoms with Gasteiger partial charge in [0.05, 0.1) is 11.1 Å². The first-order valence-corrected chi connectivity index (χ1v) is 8.84. The molecule has 28 heavy (non-hydrogen) atoms. The Labute approximate surface area is 161 Å². The number of carbonyl (C=O) groups excluding carboxylic acids is 2. The average molecular weight is 374 g/mol. The third kappa shape index (κ3) is 2.79. The monoisotopic (exact) mass is 374 g/mol. The molecule has 0 unspecified atom stereocenters. The van der Waals surface area contributed by atoms with Crippen molar-refractivity contribution in [2.75, 3.05) is 4.90 Å². The average Bonchev–Trinajstić information content (AvgIpc) is 2.95. The smallest absolute Gasteiger partial charge is 0.267 e. The Kier molecular flexibility index (Phi) is 4.31. The van der Waals surface area contributed by atoms with Crippen LogP contribution < -0.4 is 15.1 Å². The van der Waals surface area contributed by atoms with Gasteiger partial charge in [-0.2, -0.15) is 0 Å². The van der Waals surface area contributed by atoms with E-state index in [-0.39, 0.29) is 23.6 Å². The van der Waals surface area contributed by atoms with Gasteiger partial charge in [0.25, 0.3) is 11.8 Å². The van der Waals surface area contributed by atoms with Gasteiger partial charge >= 0.3 is 0 Å². The summed E-state index contributed by atoms with van der Waals surface area (Å²) in [7, 11) is 1.70. The Morgan fingerprint density at radius 3 is 2.04 bits per heavy atom. The van der Waals surface area contributed by atoms with Gasteiger partial charge in [0.15, 0.2) is 5.82 Å². The summed E-state index contributed by atoms with van der Waals surface area (Å²) in [6.45, 7) is 1.89. The van der Waals surface area contributed by atoms with E-state index >= 15 is 0 Å². The van der Waals surface area contributed by atoms with Crippen molar-refractivity contribution in [1.82, 2.24) is 4.57 Å². The van der Waals surface area contributed by atoms with Gasteiger partial charge in [-0.15, -0.1) is 0 Å². The maximum absolute atomic E-state index is 12.9. The van der Waals surface area contributed by atoms with Crippen LogP contribution in [0.4, 0.5) is 5.82 Å². The summed E-state index contributed by atoms with van der Waals surface area (Å²) in [4.78, 5) is 39.6.